The molecule has 0 aromatic heterocycles. The van der Waals surface area contributed by atoms with Crippen LogP contribution in [0.4, 0.5) is 4.79 Å². The van der Waals surface area contributed by atoms with Crippen LogP contribution in [0.15, 0.2) is 12.7 Å². The van der Waals surface area contributed by atoms with Crippen molar-refractivity contribution in [3.63, 3.8) is 0 Å². The van der Waals surface area contributed by atoms with Gasteiger partial charge in [-0.1, -0.05) is 18.9 Å². The van der Waals surface area contributed by atoms with Gasteiger partial charge >= 0.3 is 6.09 Å². The van der Waals surface area contributed by atoms with Crippen LogP contribution in [0, 0.1) is 5.92 Å². The van der Waals surface area contributed by atoms with Crippen LogP contribution in [0.2, 0.25) is 0 Å². The van der Waals surface area contributed by atoms with E-state index in [1.807, 2.05) is 26.8 Å². The minimum Gasteiger partial charge on any atom is -0.444 e. The number of ether oxygens (including phenoxy) is 2. The molecular weight excluding hydrogens is 316 g/mol. The summed E-state index contributed by atoms with van der Waals surface area (Å²) >= 11 is 0. The molecule has 0 aromatic rings. The topological polar surface area (TPSA) is 50.8 Å². The third kappa shape index (κ3) is 7.37. The predicted octanol–water partition coefficient (Wildman–Crippen LogP) is 3.74. The fourth-order valence-electron chi connectivity index (χ4n) is 3.87. The van der Waals surface area contributed by atoms with E-state index in [2.05, 4.69) is 16.8 Å². The maximum absolute atomic E-state index is 12.1. The molecule has 5 heteroatoms. The monoisotopic (exact) mass is 352 g/mol. The number of likely N-dealkylation sites (tertiary alicyclic amines) is 1. The van der Waals surface area contributed by atoms with Crippen LogP contribution in [-0.4, -0.2) is 55.0 Å². The normalized spacial score (nSPS) is 26.2. The molecular formula is C20H36N2O3. The summed E-state index contributed by atoms with van der Waals surface area (Å²) in [5.41, 5.74) is -0.443. The molecule has 144 valence electrons. The summed E-state index contributed by atoms with van der Waals surface area (Å²) in [5, 5.41) is 3.13. The molecule has 1 saturated heterocycles. The number of piperidine rings is 1. The highest BCUT2D eigenvalue weighted by Gasteiger charge is 2.31. The van der Waals surface area contributed by atoms with Gasteiger partial charge in [-0.15, -0.1) is 6.58 Å². The predicted molar refractivity (Wildman–Crippen MR) is 101 cm³/mol. The Balaban J connectivity index is 1.79. The third-order valence-corrected chi connectivity index (χ3v) is 5.09. The largest absolute Gasteiger partial charge is 0.444 e. The van der Waals surface area contributed by atoms with Gasteiger partial charge in [0, 0.05) is 25.7 Å². The van der Waals surface area contributed by atoms with Crippen molar-refractivity contribution in [2.45, 2.75) is 77.0 Å². The van der Waals surface area contributed by atoms with Crippen LogP contribution in [-0.2, 0) is 9.47 Å². The molecule has 2 aliphatic rings. The van der Waals surface area contributed by atoms with Gasteiger partial charge < -0.3 is 19.7 Å². The molecule has 2 atom stereocenters. The van der Waals surface area contributed by atoms with E-state index in [4.69, 9.17) is 9.47 Å². The molecule has 2 unspecified atom stereocenters. The van der Waals surface area contributed by atoms with Crippen LogP contribution >= 0.6 is 0 Å². The van der Waals surface area contributed by atoms with Gasteiger partial charge in [0.1, 0.15) is 5.60 Å². The van der Waals surface area contributed by atoms with Crippen molar-refractivity contribution in [3.05, 3.63) is 12.7 Å². The molecule has 5 nitrogen and oxygen atoms in total. The van der Waals surface area contributed by atoms with E-state index in [1.54, 1.807) is 0 Å². The molecule has 0 radical (unpaired) electrons. The van der Waals surface area contributed by atoms with Crippen molar-refractivity contribution >= 4 is 6.09 Å². The summed E-state index contributed by atoms with van der Waals surface area (Å²) < 4.78 is 11.2. The highest BCUT2D eigenvalue weighted by atomic mass is 16.6. The average molecular weight is 353 g/mol. The number of carbonyl (C=O) groups excluding carboxylic acids is 1. The number of carbonyl (C=O) groups is 1. The van der Waals surface area contributed by atoms with Crippen LogP contribution in [0.1, 0.15) is 59.3 Å². The first-order valence-corrected chi connectivity index (χ1v) is 9.82. The fourth-order valence-corrected chi connectivity index (χ4v) is 3.87. The summed E-state index contributed by atoms with van der Waals surface area (Å²) in [6, 6.07) is 0.235. The molecule has 2 fully saturated rings. The second-order valence-electron chi connectivity index (χ2n) is 8.42. The van der Waals surface area contributed by atoms with Gasteiger partial charge in [-0.05, 0) is 52.4 Å². The molecule has 1 aliphatic heterocycles. The summed E-state index contributed by atoms with van der Waals surface area (Å²) in [5.74, 6) is 0.520. The number of hydrogen-bond donors (Lipinski definition) is 1. The molecule has 1 N–H and O–H groups in total. The van der Waals surface area contributed by atoms with E-state index in [-0.39, 0.29) is 12.1 Å². The van der Waals surface area contributed by atoms with Crippen molar-refractivity contribution < 1.29 is 14.3 Å². The zero-order valence-corrected chi connectivity index (χ0v) is 16.3. The highest BCUT2D eigenvalue weighted by molar-refractivity contribution is 5.68. The lowest BCUT2D eigenvalue weighted by atomic mass is 9.84. The number of nitrogens with zero attached hydrogens (tertiary/aromatic N) is 1. The van der Waals surface area contributed by atoms with Crippen molar-refractivity contribution in [1.82, 2.24) is 10.2 Å². The number of amides is 1. The summed E-state index contributed by atoms with van der Waals surface area (Å²) in [6.45, 7) is 13.3. The van der Waals surface area contributed by atoms with Gasteiger partial charge in [-0.3, -0.25) is 0 Å². The quantitative estimate of drug-likeness (QED) is 0.740. The van der Waals surface area contributed by atoms with Crippen LogP contribution < -0.4 is 5.32 Å². The average Bonchev–Trinajstić information content (AvgIpc) is 2.54. The lowest BCUT2D eigenvalue weighted by Crippen LogP contribution is -2.49. The van der Waals surface area contributed by atoms with Crippen molar-refractivity contribution in [2.75, 3.05) is 26.2 Å². The van der Waals surface area contributed by atoms with Crippen molar-refractivity contribution in [3.8, 4) is 0 Å². The van der Waals surface area contributed by atoms with E-state index < -0.39 is 5.60 Å². The fraction of sp³-hybridized carbons (Fsp3) is 0.850. The third-order valence-electron chi connectivity index (χ3n) is 5.09. The van der Waals surface area contributed by atoms with Gasteiger partial charge in [-0.2, -0.15) is 0 Å². The van der Waals surface area contributed by atoms with Crippen molar-refractivity contribution in [2.24, 2.45) is 5.92 Å². The Morgan fingerprint density at radius 1 is 1.20 bits per heavy atom. The smallest absolute Gasteiger partial charge is 0.407 e. The number of nitrogens with one attached hydrogen (secondary N) is 1. The standard InChI is InChI=1S/C20H36N2O3/c1-5-14-24-17-10-12-22(13-11-17)15-16-8-6-7-9-18(16)21-19(23)25-20(2,3)4/h5,16-18H,1,6-15H2,2-4H3,(H,21,23). The second-order valence-corrected chi connectivity index (χ2v) is 8.42. The summed E-state index contributed by atoms with van der Waals surface area (Å²) in [4.78, 5) is 14.7. The number of rotatable bonds is 6. The Morgan fingerprint density at radius 3 is 2.52 bits per heavy atom. The van der Waals surface area contributed by atoms with Gasteiger partial charge in [0.25, 0.3) is 0 Å². The van der Waals surface area contributed by atoms with E-state index in [0.717, 1.165) is 38.9 Å². The number of alkyl carbamates (subject to hydrolysis) is 1. The van der Waals surface area contributed by atoms with E-state index in [0.29, 0.717) is 18.6 Å². The minimum absolute atomic E-state index is 0.235. The van der Waals surface area contributed by atoms with E-state index >= 15 is 0 Å². The summed E-state index contributed by atoms with van der Waals surface area (Å²) in [7, 11) is 0. The summed E-state index contributed by atoms with van der Waals surface area (Å²) in [6.07, 6.45) is 8.79. The Morgan fingerprint density at radius 2 is 1.88 bits per heavy atom. The Bertz CT molecular complexity index is 425. The highest BCUT2D eigenvalue weighted by Crippen LogP contribution is 2.27. The maximum atomic E-state index is 12.1. The molecule has 1 aliphatic carbocycles. The molecule has 2 rings (SSSR count). The zero-order valence-electron chi connectivity index (χ0n) is 16.3. The lowest BCUT2D eigenvalue weighted by molar-refractivity contribution is 0.0142. The molecule has 25 heavy (non-hydrogen) atoms. The van der Waals surface area contributed by atoms with Crippen LogP contribution in [0.5, 0.6) is 0 Å². The molecule has 1 amide bonds. The molecule has 1 saturated carbocycles. The molecule has 0 aromatic carbocycles. The van der Waals surface area contributed by atoms with E-state index in [1.165, 1.54) is 19.3 Å². The van der Waals surface area contributed by atoms with Crippen molar-refractivity contribution in [1.29, 1.82) is 0 Å². The molecule has 0 bridgehead atoms. The van der Waals surface area contributed by atoms with Gasteiger partial charge in [0.15, 0.2) is 0 Å². The van der Waals surface area contributed by atoms with E-state index in [9.17, 15) is 4.79 Å². The Kier molecular flexibility index (Phi) is 7.76. The van der Waals surface area contributed by atoms with Gasteiger partial charge in [0.05, 0.1) is 12.7 Å². The Hall–Kier alpha value is -1.07. The maximum Gasteiger partial charge on any atom is 0.407 e. The van der Waals surface area contributed by atoms with Gasteiger partial charge in [-0.25, -0.2) is 4.79 Å². The van der Waals surface area contributed by atoms with Gasteiger partial charge in [0.2, 0.25) is 0 Å². The SMILES string of the molecule is C=CCOC1CCN(CC2CCCCC2NC(=O)OC(C)(C)C)CC1. The Labute approximate surface area is 153 Å². The molecule has 1 heterocycles. The molecule has 0 spiro atoms. The first kappa shape index (κ1) is 20.2. The number of hydrogen-bond acceptors (Lipinski definition) is 4. The van der Waals surface area contributed by atoms with Crippen LogP contribution in [0.3, 0.4) is 0 Å². The van der Waals surface area contributed by atoms with Crippen LogP contribution in [0.25, 0.3) is 0 Å². The zero-order chi connectivity index (χ0) is 18.3. The minimum atomic E-state index is -0.443. The first-order chi connectivity index (χ1) is 11.9. The lowest BCUT2D eigenvalue weighted by Gasteiger charge is -2.38. The second kappa shape index (κ2) is 9.58. The first-order valence-electron chi connectivity index (χ1n) is 9.82.